The summed E-state index contributed by atoms with van der Waals surface area (Å²) >= 11 is 6.40. The molecule has 0 saturated heterocycles. The van der Waals surface area contributed by atoms with Crippen molar-refractivity contribution in [3.63, 3.8) is 0 Å². The van der Waals surface area contributed by atoms with Crippen LogP contribution < -0.4 is 5.32 Å². The van der Waals surface area contributed by atoms with Crippen LogP contribution in [0.15, 0.2) is 55.1 Å². The topological polar surface area (TPSA) is 92.3 Å². The summed E-state index contributed by atoms with van der Waals surface area (Å²) in [5.74, 6) is 0.473. The largest absolute Gasteiger partial charge is 0.418 e. The SMILES string of the molecule is C[C@H](Nc1ncnc2nc[nH]c12)c1nc2cccc(C(F)(F)F)c2nc1-c1ccccc1Cl. The highest BCUT2D eigenvalue weighted by Gasteiger charge is 2.34. The van der Waals surface area contributed by atoms with E-state index >= 15 is 0 Å². The molecule has 0 unspecified atom stereocenters. The summed E-state index contributed by atoms with van der Waals surface area (Å²) in [5, 5.41) is 3.59. The summed E-state index contributed by atoms with van der Waals surface area (Å²) in [7, 11) is 0. The second-order valence-corrected chi connectivity index (χ2v) is 7.71. The maximum atomic E-state index is 13.7. The number of H-pyrrole nitrogens is 1. The smallest absolute Gasteiger partial charge is 0.360 e. The molecule has 7 nitrogen and oxygen atoms in total. The zero-order valence-electron chi connectivity index (χ0n) is 17.0. The van der Waals surface area contributed by atoms with E-state index in [-0.39, 0.29) is 16.7 Å². The van der Waals surface area contributed by atoms with Gasteiger partial charge in [-0.25, -0.2) is 24.9 Å². The Bertz CT molecular complexity index is 1480. The van der Waals surface area contributed by atoms with E-state index in [2.05, 4.69) is 35.2 Å². The van der Waals surface area contributed by atoms with Crippen LogP contribution in [0.25, 0.3) is 33.5 Å². The number of hydrogen-bond donors (Lipinski definition) is 2. The van der Waals surface area contributed by atoms with Gasteiger partial charge in [-0.3, -0.25) is 0 Å². The molecule has 166 valence electrons. The van der Waals surface area contributed by atoms with Gasteiger partial charge >= 0.3 is 6.18 Å². The number of aromatic amines is 1. The van der Waals surface area contributed by atoms with Crippen LogP contribution in [0.5, 0.6) is 0 Å². The Hall–Kier alpha value is -3.79. The molecule has 5 aromatic rings. The molecule has 2 N–H and O–H groups in total. The van der Waals surface area contributed by atoms with Crippen LogP contribution in [0.1, 0.15) is 24.2 Å². The van der Waals surface area contributed by atoms with E-state index in [9.17, 15) is 13.2 Å². The first-order valence-electron chi connectivity index (χ1n) is 9.86. The molecule has 0 spiro atoms. The number of nitrogens with zero attached hydrogens (tertiary/aromatic N) is 5. The number of aromatic nitrogens is 6. The van der Waals surface area contributed by atoms with Gasteiger partial charge in [0.05, 0.1) is 39.9 Å². The summed E-state index contributed by atoms with van der Waals surface area (Å²) in [4.78, 5) is 24.4. The van der Waals surface area contributed by atoms with Crippen molar-refractivity contribution in [1.29, 1.82) is 0 Å². The van der Waals surface area contributed by atoms with E-state index in [0.717, 1.165) is 6.07 Å². The highest BCUT2D eigenvalue weighted by atomic mass is 35.5. The molecule has 0 saturated carbocycles. The quantitative estimate of drug-likeness (QED) is 0.345. The zero-order chi connectivity index (χ0) is 23.2. The first-order valence-corrected chi connectivity index (χ1v) is 10.2. The lowest BCUT2D eigenvalue weighted by molar-refractivity contribution is -0.136. The summed E-state index contributed by atoms with van der Waals surface area (Å²) in [5.41, 5.74) is 1.24. The fourth-order valence-corrected chi connectivity index (χ4v) is 3.85. The maximum Gasteiger partial charge on any atom is 0.418 e. The number of para-hydroxylation sites is 1. The molecular weight excluding hydrogens is 455 g/mol. The maximum absolute atomic E-state index is 13.7. The third-order valence-corrected chi connectivity index (χ3v) is 5.47. The molecule has 0 aliphatic heterocycles. The fraction of sp³-hybridized carbons (Fsp3) is 0.136. The number of rotatable bonds is 4. The molecule has 3 heterocycles. The van der Waals surface area contributed by atoms with Gasteiger partial charge in [-0.05, 0) is 25.1 Å². The molecule has 5 rings (SSSR count). The van der Waals surface area contributed by atoms with E-state index in [0.29, 0.717) is 33.3 Å². The average Bonchev–Trinajstić information content (AvgIpc) is 3.27. The average molecular weight is 470 g/mol. The number of hydrogen-bond acceptors (Lipinski definition) is 6. The van der Waals surface area contributed by atoms with Gasteiger partial charge in [0.15, 0.2) is 11.5 Å². The van der Waals surface area contributed by atoms with Crippen molar-refractivity contribution in [1.82, 2.24) is 29.9 Å². The predicted molar refractivity (Wildman–Crippen MR) is 119 cm³/mol. The Balaban J connectivity index is 1.71. The second-order valence-electron chi connectivity index (χ2n) is 7.30. The van der Waals surface area contributed by atoms with Crippen molar-refractivity contribution in [2.45, 2.75) is 19.1 Å². The lowest BCUT2D eigenvalue weighted by Crippen LogP contribution is -2.14. The van der Waals surface area contributed by atoms with Crippen LogP contribution in [0.2, 0.25) is 5.02 Å². The number of benzene rings is 2. The monoisotopic (exact) mass is 469 g/mol. The third-order valence-electron chi connectivity index (χ3n) is 5.14. The van der Waals surface area contributed by atoms with Crippen molar-refractivity contribution < 1.29 is 13.2 Å². The number of anilines is 1. The first kappa shape index (κ1) is 21.1. The zero-order valence-corrected chi connectivity index (χ0v) is 17.8. The second kappa shape index (κ2) is 7.96. The van der Waals surface area contributed by atoms with Gasteiger partial charge in [0.1, 0.15) is 17.4 Å². The number of fused-ring (bicyclic) bond motifs is 2. The van der Waals surface area contributed by atoms with Gasteiger partial charge in [0, 0.05) is 5.56 Å². The van der Waals surface area contributed by atoms with Crippen LogP contribution in [-0.4, -0.2) is 29.9 Å². The van der Waals surface area contributed by atoms with E-state index in [1.165, 1.54) is 24.8 Å². The minimum Gasteiger partial charge on any atom is -0.360 e. The molecule has 2 aromatic carbocycles. The molecule has 0 amide bonds. The molecule has 0 aliphatic carbocycles. The van der Waals surface area contributed by atoms with Crippen molar-refractivity contribution in [2.75, 3.05) is 5.32 Å². The van der Waals surface area contributed by atoms with Gasteiger partial charge in [0.2, 0.25) is 0 Å². The lowest BCUT2D eigenvalue weighted by Gasteiger charge is -2.19. The molecule has 0 aliphatic rings. The van der Waals surface area contributed by atoms with Crippen LogP contribution >= 0.6 is 11.6 Å². The minimum atomic E-state index is -4.58. The minimum absolute atomic E-state index is 0.124. The van der Waals surface area contributed by atoms with Crippen molar-refractivity contribution in [2.24, 2.45) is 0 Å². The van der Waals surface area contributed by atoms with Crippen LogP contribution in [0.4, 0.5) is 19.0 Å². The summed E-state index contributed by atoms with van der Waals surface area (Å²) in [6, 6.07) is 10.1. The van der Waals surface area contributed by atoms with Crippen molar-refractivity contribution in [3.05, 3.63) is 71.4 Å². The Morgan fingerprint density at radius 2 is 1.82 bits per heavy atom. The van der Waals surface area contributed by atoms with Gasteiger partial charge in [0.25, 0.3) is 0 Å². The fourth-order valence-electron chi connectivity index (χ4n) is 3.62. The van der Waals surface area contributed by atoms with E-state index in [1.54, 1.807) is 24.3 Å². The Kier molecular flexibility index (Phi) is 5.09. The first-order chi connectivity index (χ1) is 15.8. The van der Waals surface area contributed by atoms with Crippen molar-refractivity contribution in [3.8, 4) is 11.3 Å². The summed E-state index contributed by atoms with van der Waals surface area (Å²) in [6.07, 6.45) is -1.71. The van der Waals surface area contributed by atoms with Gasteiger partial charge in [-0.1, -0.05) is 35.9 Å². The summed E-state index contributed by atoms with van der Waals surface area (Å²) in [6.45, 7) is 1.81. The lowest BCUT2D eigenvalue weighted by atomic mass is 10.0. The van der Waals surface area contributed by atoms with E-state index in [4.69, 9.17) is 11.6 Å². The van der Waals surface area contributed by atoms with Crippen LogP contribution in [-0.2, 0) is 6.18 Å². The molecule has 0 bridgehead atoms. The normalized spacial score (nSPS) is 12.9. The van der Waals surface area contributed by atoms with Crippen molar-refractivity contribution >= 4 is 39.6 Å². The van der Waals surface area contributed by atoms with E-state index < -0.39 is 17.8 Å². The molecule has 11 heteroatoms. The molecule has 1 atom stereocenters. The third kappa shape index (κ3) is 3.82. The van der Waals surface area contributed by atoms with Gasteiger partial charge in [-0.15, -0.1) is 0 Å². The molecule has 0 fully saturated rings. The van der Waals surface area contributed by atoms with Gasteiger partial charge in [-0.2, -0.15) is 13.2 Å². The predicted octanol–water partition coefficient (Wildman–Crippen LogP) is 5.81. The standard InChI is InChI=1S/C22H15ClF3N7/c1-11(31-21-19-20(28-9-27-19)29-10-30-21)16-17(12-5-2-3-7-14(12)23)33-18-13(22(24,25)26)6-4-8-15(18)32-16/h2-11H,1H3,(H2,27,28,29,30,31)/t11-/m0/s1. The highest BCUT2D eigenvalue weighted by molar-refractivity contribution is 6.33. The number of imidazole rings is 1. The summed E-state index contributed by atoms with van der Waals surface area (Å²) < 4.78 is 41.0. The molecular formula is C22H15ClF3N7. The molecule has 33 heavy (non-hydrogen) atoms. The number of halogens is 4. The van der Waals surface area contributed by atoms with Crippen LogP contribution in [0, 0.1) is 0 Å². The Morgan fingerprint density at radius 3 is 2.61 bits per heavy atom. The highest BCUT2D eigenvalue weighted by Crippen LogP contribution is 2.38. The molecule has 3 aromatic heterocycles. The number of alkyl halides is 3. The van der Waals surface area contributed by atoms with Gasteiger partial charge < -0.3 is 10.3 Å². The number of nitrogens with one attached hydrogen (secondary N) is 2. The Labute approximate surface area is 190 Å². The Morgan fingerprint density at radius 1 is 1.00 bits per heavy atom. The molecule has 0 radical (unpaired) electrons. The van der Waals surface area contributed by atoms with Crippen LogP contribution in [0.3, 0.4) is 0 Å². The van der Waals surface area contributed by atoms with E-state index in [1.807, 2.05) is 6.92 Å².